The van der Waals surface area contributed by atoms with Gasteiger partial charge in [-0.1, -0.05) is 30.0 Å². The average molecular weight is 385 g/mol. The van der Waals surface area contributed by atoms with Gasteiger partial charge in [-0.2, -0.15) is 10.3 Å². The number of esters is 1. The first-order valence-corrected chi connectivity index (χ1v) is 9.06. The van der Waals surface area contributed by atoms with Crippen molar-refractivity contribution in [2.24, 2.45) is 0 Å². The Hall–Kier alpha value is -3.00. The molecule has 0 aliphatic heterocycles. The molecule has 7 nitrogen and oxygen atoms in total. The summed E-state index contributed by atoms with van der Waals surface area (Å²) in [6, 6.07) is 13.4. The fourth-order valence-corrected chi connectivity index (χ4v) is 3.50. The molecule has 0 fully saturated rings. The average Bonchev–Trinajstić information content (AvgIpc) is 3.18. The number of aromatic amines is 1. The molecule has 0 aliphatic rings. The van der Waals surface area contributed by atoms with Gasteiger partial charge < -0.3 is 14.2 Å². The van der Waals surface area contributed by atoms with Crippen molar-refractivity contribution in [3.05, 3.63) is 48.2 Å². The minimum atomic E-state index is -0.507. The van der Waals surface area contributed by atoms with Crippen LogP contribution in [0.3, 0.4) is 0 Å². The number of benzene rings is 2. The third kappa shape index (κ3) is 4.06. The largest absolute Gasteiger partial charge is 0.493 e. The molecule has 0 saturated heterocycles. The van der Waals surface area contributed by atoms with Crippen LogP contribution in [-0.2, 0) is 4.74 Å². The predicted octanol–water partition coefficient (Wildman–Crippen LogP) is 3.82. The zero-order valence-electron chi connectivity index (χ0n) is 15.2. The molecule has 3 rings (SSSR count). The van der Waals surface area contributed by atoms with Crippen molar-refractivity contribution >= 4 is 17.7 Å². The normalized spacial score (nSPS) is 10.5. The monoisotopic (exact) mass is 385 g/mol. The summed E-state index contributed by atoms with van der Waals surface area (Å²) in [6.45, 7) is 2.02. The van der Waals surface area contributed by atoms with Gasteiger partial charge in [0.25, 0.3) is 0 Å². The SMILES string of the molecule is CCOC(=O)c1n[nH]nc1-c1ccccc1Sc1ccc(OC)c(OC)c1. The molecular formula is C19H19N3O4S. The lowest BCUT2D eigenvalue weighted by molar-refractivity contribution is 0.0520. The third-order valence-corrected chi connectivity index (χ3v) is 4.81. The number of ether oxygens (including phenoxy) is 3. The lowest BCUT2D eigenvalue weighted by atomic mass is 10.1. The van der Waals surface area contributed by atoms with Crippen LogP contribution < -0.4 is 9.47 Å². The summed E-state index contributed by atoms with van der Waals surface area (Å²) in [4.78, 5) is 14.0. The summed E-state index contributed by atoms with van der Waals surface area (Å²) in [5.41, 5.74) is 1.41. The Morgan fingerprint density at radius 3 is 2.59 bits per heavy atom. The molecule has 2 aromatic carbocycles. The van der Waals surface area contributed by atoms with Gasteiger partial charge >= 0.3 is 5.97 Å². The van der Waals surface area contributed by atoms with E-state index in [1.807, 2.05) is 42.5 Å². The van der Waals surface area contributed by atoms with Gasteiger partial charge in [0.1, 0.15) is 5.69 Å². The molecular weight excluding hydrogens is 366 g/mol. The molecule has 0 radical (unpaired) electrons. The van der Waals surface area contributed by atoms with Crippen LogP contribution in [0.4, 0.5) is 0 Å². The van der Waals surface area contributed by atoms with Crippen LogP contribution >= 0.6 is 11.8 Å². The van der Waals surface area contributed by atoms with Gasteiger partial charge in [0.05, 0.1) is 20.8 Å². The second kappa shape index (κ2) is 8.59. The maximum absolute atomic E-state index is 12.1. The number of hydrogen-bond donors (Lipinski definition) is 1. The summed E-state index contributed by atoms with van der Waals surface area (Å²) in [5, 5.41) is 10.6. The zero-order valence-corrected chi connectivity index (χ0v) is 16.0. The van der Waals surface area contributed by atoms with E-state index in [1.165, 1.54) is 11.8 Å². The number of rotatable bonds is 7. The Labute approximate surface area is 161 Å². The van der Waals surface area contributed by atoms with Gasteiger partial charge in [0.2, 0.25) is 0 Å². The number of nitrogens with one attached hydrogen (secondary N) is 1. The van der Waals surface area contributed by atoms with Crippen LogP contribution in [0.25, 0.3) is 11.3 Å². The van der Waals surface area contributed by atoms with E-state index in [0.717, 1.165) is 15.4 Å². The Balaban J connectivity index is 1.97. The predicted molar refractivity (Wildman–Crippen MR) is 101 cm³/mol. The van der Waals surface area contributed by atoms with E-state index in [0.29, 0.717) is 17.2 Å². The Bertz CT molecular complexity index is 942. The van der Waals surface area contributed by atoms with E-state index < -0.39 is 5.97 Å². The first-order valence-electron chi connectivity index (χ1n) is 8.25. The summed E-state index contributed by atoms with van der Waals surface area (Å²) in [5.74, 6) is 0.803. The number of methoxy groups -OCH3 is 2. The molecule has 0 unspecified atom stereocenters. The molecule has 0 spiro atoms. The van der Waals surface area contributed by atoms with Crippen molar-refractivity contribution in [2.75, 3.05) is 20.8 Å². The second-order valence-corrected chi connectivity index (χ2v) is 6.47. The Kier molecular flexibility index (Phi) is 5.97. The molecule has 0 saturated carbocycles. The number of H-pyrrole nitrogens is 1. The fourth-order valence-electron chi connectivity index (χ4n) is 2.52. The highest BCUT2D eigenvalue weighted by Crippen LogP contribution is 2.39. The first-order chi connectivity index (χ1) is 13.2. The highest BCUT2D eigenvalue weighted by atomic mass is 32.2. The first kappa shape index (κ1) is 18.8. The van der Waals surface area contributed by atoms with Crippen molar-refractivity contribution in [1.29, 1.82) is 0 Å². The van der Waals surface area contributed by atoms with E-state index in [9.17, 15) is 4.79 Å². The Morgan fingerprint density at radius 1 is 1.07 bits per heavy atom. The van der Waals surface area contributed by atoms with Crippen LogP contribution in [0.5, 0.6) is 11.5 Å². The number of carbonyl (C=O) groups excluding carboxylic acids is 1. The summed E-state index contributed by atoms with van der Waals surface area (Å²) in [6.07, 6.45) is 0. The van der Waals surface area contributed by atoms with Crippen molar-refractivity contribution in [3.63, 3.8) is 0 Å². The molecule has 1 N–H and O–H groups in total. The van der Waals surface area contributed by atoms with Crippen LogP contribution in [0.2, 0.25) is 0 Å². The van der Waals surface area contributed by atoms with Crippen LogP contribution in [0.15, 0.2) is 52.3 Å². The van der Waals surface area contributed by atoms with E-state index >= 15 is 0 Å². The molecule has 0 amide bonds. The molecule has 0 aliphatic carbocycles. The van der Waals surface area contributed by atoms with Crippen molar-refractivity contribution in [2.45, 2.75) is 16.7 Å². The third-order valence-electron chi connectivity index (χ3n) is 3.74. The van der Waals surface area contributed by atoms with Crippen molar-refractivity contribution in [1.82, 2.24) is 15.4 Å². The standard InChI is InChI=1S/C19H19N3O4S/c1-4-26-19(23)18-17(20-22-21-18)13-7-5-6-8-16(13)27-12-9-10-14(24-2)15(11-12)25-3/h5-11H,4H2,1-3H3,(H,20,21,22). The topological polar surface area (TPSA) is 86.3 Å². The van der Waals surface area contributed by atoms with Gasteiger partial charge in [0, 0.05) is 15.4 Å². The molecule has 1 heterocycles. The second-order valence-electron chi connectivity index (χ2n) is 5.36. The summed E-state index contributed by atoms with van der Waals surface area (Å²) in [7, 11) is 3.20. The number of aromatic nitrogens is 3. The number of hydrogen-bond acceptors (Lipinski definition) is 7. The summed E-state index contributed by atoms with van der Waals surface area (Å²) < 4.78 is 15.7. The highest BCUT2D eigenvalue weighted by Gasteiger charge is 2.21. The highest BCUT2D eigenvalue weighted by molar-refractivity contribution is 7.99. The van der Waals surface area contributed by atoms with Gasteiger partial charge in [-0.3, -0.25) is 0 Å². The molecule has 1 aromatic heterocycles. The molecule has 27 heavy (non-hydrogen) atoms. The van der Waals surface area contributed by atoms with Crippen LogP contribution in [-0.4, -0.2) is 42.2 Å². The van der Waals surface area contributed by atoms with Crippen molar-refractivity contribution in [3.8, 4) is 22.8 Å². The lowest BCUT2D eigenvalue weighted by Gasteiger charge is -2.11. The number of carbonyl (C=O) groups is 1. The fraction of sp³-hybridized carbons (Fsp3) is 0.211. The quantitative estimate of drug-likeness (QED) is 0.619. The molecule has 8 heteroatoms. The van der Waals surface area contributed by atoms with E-state index in [2.05, 4.69) is 15.4 Å². The minimum Gasteiger partial charge on any atom is -0.493 e. The van der Waals surface area contributed by atoms with Gasteiger partial charge in [-0.05, 0) is 31.2 Å². The molecule has 3 aromatic rings. The molecule has 140 valence electrons. The minimum absolute atomic E-state index is 0.164. The van der Waals surface area contributed by atoms with Crippen LogP contribution in [0, 0.1) is 0 Å². The van der Waals surface area contributed by atoms with E-state index in [1.54, 1.807) is 21.1 Å². The maximum Gasteiger partial charge on any atom is 0.361 e. The lowest BCUT2D eigenvalue weighted by Crippen LogP contribution is -2.07. The smallest absolute Gasteiger partial charge is 0.361 e. The number of nitrogens with zero attached hydrogens (tertiary/aromatic N) is 2. The Morgan fingerprint density at radius 2 is 1.85 bits per heavy atom. The van der Waals surface area contributed by atoms with E-state index in [4.69, 9.17) is 14.2 Å². The molecule has 0 bridgehead atoms. The van der Waals surface area contributed by atoms with Crippen LogP contribution in [0.1, 0.15) is 17.4 Å². The summed E-state index contributed by atoms with van der Waals surface area (Å²) >= 11 is 1.53. The maximum atomic E-state index is 12.1. The van der Waals surface area contributed by atoms with Gasteiger partial charge in [0.15, 0.2) is 17.2 Å². The molecule has 0 atom stereocenters. The van der Waals surface area contributed by atoms with Gasteiger partial charge in [-0.15, -0.1) is 5.10 Å². The van der Waals surface area contributed by atoms with Crippen molar-refractivity contribution < 1.29 is 19.0 Å². The van der Waals surface area contributed by atoms with E-state index in [-0.39, 0.29) is 12.3 Å². The zero-order chi connectivity index (χ0) is 19.2. The van der Waals surface area contributed by atoms with Gasteiger partial charge in [-0.25, -0.2) is 4.79 Å².